The number of halogens is 4. The number of nitrogens with one attached hydrogen (secondary N) is 3. The minimum atomic E-state index is -4.49. The van der Waals surface area contributed by atoms with Crippen molar-refractivity contribution in [2.45, 2.75) is 125 Å². The van der Waals surface area contributed by atoms with Gasteiger partial charge in [-0.2, -0.15) is 0 Å². The van der Waals surface area contributed by atoms with Crippen LogP contribution in [0.2, 0.25) is 0 Å². The summed E-state index contributed by atoms with van der Waals surface area (Å²) in [6.45, 7) is 4.21. The molecule has 4 aliphatic rings. The Morgan fingerprint density at radius 3 is 2.49 bits per heavy atom. The molecule has 0 radical (unpaired) electrons. The van der Waals surface area contributed by atoms with Crippen LogP contribution < -0.4 is 24.8 Å². The summed E-state index contributed by atoms with van der Waals surface area (Å²) in [4.78, 5) is 61.6. The van der Waals surface area contributed by atoms with Gasteiger partial charge in [-0.1, -0.05) is 12.2 Å². The van der Waals surface area contributed by atoms with Crippen molar-refractivity contribution < 1.29 is 64.1 Å². The second kappa shape index (κ2) is 16.0. The molecule has 3 N–H and O–H groups in total. The van der Waals surface area contributed by atoms with Crippen LogP contribution in [0.25, 0.3) is 10.8 Å². The van der Waals surface area contributed by atoms with Gasteiger partial charge in [0.25, 0.3) is 11.8 Å². The number of carbonyl (C=O) groups excluding carboxylic acids is 4. The molecule has 15 nitrogen and oxygen atoms in total. The predicted octanol–water partition coefficient (Wildman–Crippen LogP) is 4.23. The Bertz CT molecular complexity index is 2130. The number of sulfonamides is 1. The van der Waals surface area contributed by atoms with Crippen LogP contribution in [0, 0.1) is 11.7 Å². The van der Waals surface area contributed by atoms with Crippen LogP contribution in [0.5, 0.6) is 11.6 Å². The third-order valence-corrected chi connectivity index (χ3v) is 13.8. The minimum absolute atomic E-state index is 0.0140. The second-order valence-electron chi connectivity index (χ2n) is 16.4. The molecular formula is C39H49F4N5O10S. The topological polar surface area (TPSA) is 192 Å². The van der Waals surface area contributed by atoms with Crippen LogP contribution in [0.4, 0.5) is 22.4 Å². The van der Waals surface area contributed by atoms with Crippen LogP contribution in [-0.4, -0.2) is 115 Å². The van der Waals surface area contributed by atoms with Crippen LogP contribution in [0.3, 0.4) is 0 Å². The van der Waals surface area contributed by atoms with Gasteiger partial charge >= 0.3 is 6.09 Å². The smallest absolute Gasteiger partial charge is 0.408 e. The molecule has 59 heavy (non-hydrogen) atoms. The average molecular weight is 856 g/mol. The summed E-state index contributed by atoms with van der Waals surface area (Å²) in [5.41, 5.74) is -4.11. The van der Waals surface area contributed by atoms with E-state index in [1.54, 1.807) is 25.1 Å². The fourth-order valence-corrected chi connectivity index (χ4v) is 8.77. The van der Waals surface area contributed by atoms with Gasteiger partial charge in [0.15, 0.2) is 5.60 Å². The standard InChI is InChI=1S/C39H49F4N5O10S/c1-21-9-7-8-10-23-18-39(23,34(51)47-59(53,54)38(20-40)12-13-38)46-31(49)28-17-25(57-32-27-15-24(41)16-29(55-6)26(27)11-14-44-32)19-48(28)33(50)30(22(2)56-21)45-35(52)58-36(3,4)37(5,42)43/h8,10-11,14-16,21-23,25,28,30H,7,9,12-13,17-20H2,1-6H3,(H,45,52)(H,46,49)(H,47,51)/b10-8-/t21-,22+,23?,25-,28+,30+,39-/m1/s1. The Hall–Kier alpha value is -4.72. The summed E-state index contributed by atoms with van der Waals surface area (Å²) in [5.74, 6) is -7.60. The number of hydrogen-bond acceptors (Lipinski definition) is 11. The first-order valence-electron chi connectivity index (χ1n) is 19.3. The Morgan fingerprint density at radius 1 is 1.14 bits per heavy atom. The maximum Gasteiger partial charge on any atom is 0.408 e. The molecule has 1 saturated heterocycles. The van der Waals surface area contributed by atoms with Crippen LogP contribution >= 0.6 is 0 Å². The Morgan fingerprint density at radius 2 is 1.85 bits per heavy atom. The quantitative estimate of drug-likeness (QED) is 0.229. The number of aromatic nitrogens is 1. The number of rotatable bonds is 10. The van der Waals surface area contributed by atoms with E-state index in [9.17, 15) is 45.2 Å². The van der Waals surface area contributed by atoms with Gasteiger partial charge in [0.1, 0.15) is 46.7 Å². The number of hydrogen-bond donors (Lipinski definition) is 3. The molecule has 7 atom stereocenters. The molecule has 6 rings (SSSR count). The normalized spacial score (nSPS) is 29.2. The van der Waals surface area contributed by atoms with Gasteiger partial charge in [0.2, 0.25) is 27.7 Å². The number of nitrogens with zero attached hydrogens (tertiary/aromatic N) is 2. The first kappa shape index (κ1) is 43.8. The second-order valence-corrected chi connectivity index (χ2v) is 18.5. The van der Waals surface area contributed by atoms with E-state index in [-0.39, 0.29) is 49.2 Å². The number of methoxy groups -OCH3 is 1. The molecule has 3 heterocycles. The fraction of sp³-hybridized carbons (Fsp3) is 0.615. The molecule has 2 aromatic rings. The van der Waals surface area contributed by atoms with Crippen molar-refractivity contribution in [1.29, 1.82) is 0 Å². The van der Waals surface area contributed by atoms with Crippen LogP contribution in [-0.2, 0) is 33.9 Å². The lowest BCUT2D eigenvalue weighted by atomic mass is 10.0. The van der Waals surface area contributed by atoms with E-state index in [2.05, 4.69) is 15.6 Å². The van der Waals surface area contributed by atoms with Gasteiger partial charge in [-0.3, -0.25) is 19.1 Å². The molecule has 0 spiro atoms. The molecule has 2 aliphatic carbocycles. The highest BCUT2D eigenvalue weighted by Gasteiger charge is 2.64. The molecule has 4 amide bonds. The summed E-state index contributed by atoms with van der Waals surface area (Å²) in [5, 5.41) is 5.70. The summed E-state index contributed by atoms with van der Waals surface area (Å²) in [6, 6.07) is 0.846. The number of carbonyl (C=O) groups is 4. The maximum atomic E-state index is 14.7. The summed E-state index contributed by atoms with van der Waals surface area (Å²) in [7, 11) is -3.13. The predicted molar refractivity (Wildman–Crippen MR) is 203 cm³/mol. The number of benzene rings is 1. The third kappa shape index (κ3) is 8.79. The van der Waals surface area contributed by atoms with Crippen molar-refractivity contribution in [3.05, 3.63) is 42.4 Å². The van der Waals surface area contributed by atoms with E-state index in [1.165, 1.54) is 32.4 Å². The molecule has 324 valence electrons. The lowest BCUT2D eigenvalue weighted by Crippen LogP contribution is -2.61. The van der Waals surface area contributed by atoms with Crippen molar-refractivity contribution in [2.24, 2.45) is 5.92 Å². The average Bonchev–Trinajstić information content (AvgIpc) is 4.06. The van der Waals surface area contributed by atoms with Crippen molar-refractivity contribution in [1.82, 2.24) is 25.2 Å². The maximum absolute atomic E-state index is 14.7. The monoisotopic (exact) mass is 855 g/mol. The van der Waals surface area contributed by atoms with E-state index < -0.39 is 104 Å². The van der Waals surface area contributed by atoms with Gasteiger partial charge in [-0.25, -0.2) is 35.8 Å². The highest BCUT2D eigenvalue weighted by Crippen LogP contribution is 2.48. The summed E-state index contributed by atoms with van der Waals surface area (Å²) in [6.07, 6.45) is 1.25. The minimum Gasteiger partial charge on any atom is -0.496 e. The van der Waals surface area contributed by atoms with Crippen molar-refractivity contribution >= 4 is 44.6 Å². The van der Waals surface area contributed by atoms with Gasteiger partial charge in [0, 0.05) is 36.9 Å². The lowest BCUT2D eigenvalue weighted by Gasteiger charge is -2.35. The largest absolute Gasteiger partial charge is 0.496 e. The zero-order chi connectivity index (χ0) is 43.3. The Kier molecular flexibility index (Phi) is 11.9. The van der Waals surface area contributed by atoms with E-state index in [0.717, 1.165) is 18.7 Å². The van der Waals surface area contributed by atoms with Gasteiger partial charge < -0.3 is 34.5 Å². The van der Waals surface area contributed by atoms with E-state index >= 15 is 0 Å². The summed E-state index contributed by atoms with van der Waals surface area (Å²) < 4.78 is 107. The highest BCUT2D eigenvalue weighted by atomic mass is 32.2. The third-order valence-electron chi connectivity index (χ3n) is 11.7. The molecule has 1 aromatic heterocycles. The van der Waals surface area contributed by atoms with Crippen LogP contribution in [0.1, 0.15) is 73.1 Å². The molecule has 2 saturated carbocycles. The number of alkyl carbamates (subject to hydrolysis) is 1. The fourth-order valence-electron chi connectivity index (χ4n) is 7.35. The summed E-state index contributed by atoms with van der Waals surface area (Å²) >= 11 is 0. The van der Waals surface area contributed by atoms with E-state index in [0.29, 0.717) is 25.2 Å². The van der Waals surface area contributed by atoms with E-state index in [4.69, 9.17) is 18.9 Å². The first-order valence-corrected chi connectivity index (χ1v) is 20.8. The van der Waals surface area contributed by atoms with Gasteiger partial charge in [-0.05, 0) is 71.9 Å². The SMILES string of the molecule is COc1cc(F)cc2c(O[C@@H]3C[C@H]4C(=O)N[C@]5(C(=O)NS(=O)(=O)C6(CF)CC6)CC5/C=C\CC[C@@H](C)O[C@@H](C)[C@H](NC(=O)OC(C)(C)C(C)(F)F)C(=O)N4C3)nccc12. The molecule has 0 bridgehead atoms. The van der Waals surface area contributed by atoms with Crippen LogP contribution in [0.15, 0.2) is 36.5 Å². The molecular weight excluding hydrogens is 807 g/mol. The Balaban J connectivity index is 1.37. The lowest BCUT2D eigenvalue weighted by molar-refractivity contribution is -0.153. The van der Waals surface area contributed by atoms with E-state index in [1.807, 2.05) is 4.72 Å². The zero-order valence-corrected chi connectivity index (χ0v) is 34.3. The van der Waals surface area contributed by atoms with Gasteiger partial charge in [0.05, 0.1) is 31.2 Å². The number of ether oxygens (including phenoxy) is 4. The zero-order valence-electron chi connectivity index (χ0n) is 33.5. The van der Waals surface area contributed by atoms with Gasteiger partial charge in [-0.15, -0.1) is 0 Å². The molecule has 3 fully saturated rings. The molecule has 20 heteroatoms. The Labute approximate surface area is 339 Å². The number of allylic oxidation sites excluding steroid dienone is 1. The molecule has 2 aliphatic heterocycles. The number of fused-ring (bicyclic) bond motifs is 3. The van der Waals surface area contributed by atoms with Crippen molar-refractivity contribution in [3.63, 3.8) is 0 Å². The number of amides is 4. The van der Waals surface area contributed by atoms with Crippen molar-refractivity contribution in [3.8, 4) is 11.6 Å². The highest BCUT2D eigenvalue weighted by molar-refractivity contribution is 7.91. The number of alkyl halides is 3. The molecule has 1 unspecified atom stereocenters. The molecule has 1 aromatic carbocycles. The van der Waals surface area contributed by atoms with Crippen molar-refractivity contribution in [2.75, 3.05) is 20.3 Å². The number of pyridine rings is 1. The first-order chi connectivity index (χ1) is 27.6.